The summed E-state index contributed by atoms with van der Waals surface area (Å²) in [6, 6.07) is 1.73. The summed E-state index contributed by atoms with van der Waals surface area (Å²) in [6.07, 6.45) is 2.99. The zero-order valence-electron chi connectivity index (χ0n) is 8.30. The smallest absolute Gasteiger partial charge is 0.237 e. The first-order valence-corrected chi connectivity index (χ1v) is 7.06. The summed E-state index contributed by atoms with van der Waals surface area (Å²) in [4.78, 5) is 13.0. The van der Waals surface area contributed by atoms with Crippen molar-refractivity contribution in [1.82, 2.24) is 4.90 Å². The minimum atomic E-state index is -3.66. The lowest BCUT2D eigenvalue weighted by Gasteiger charge is -2.14. The van der Waals surface area contributed by atoms with E-state index in [2.05, 4.69) is 0 Å². The molecule has 1 aromatic heterocycles. The zero-order valence-corrected chi connectivity index (χ0v) is 9.87. The molecule has 88 valence electrons. The Bertz CT molecular complexity index is 482. The number of carbonyl (C=O) groups excluding carboxylic acids is 1. The van der Waals surface area contributed by atoms with E-state index < -0.39 is 14.3 Å². The van der Waals surface area contributed by atoms with Crippen LogP contribution in [0.15, 0.2) is 23.0 Å². The fourth-order valence-corrected chi connectivity index (χ4v) is 2.74. The van der Waals surface area contributed by atoms with Gasteiger partial charge in [-0.1, -0.05) is 0 Å². The van der Waals surface area contributed by atoms with Gasteiger partial charge in [0.1, 0.15) is 5.25 Å². The Morgan fingerprint density at radius 2 is 2.31 bits per heavy atom. The Morgan fingerprint density at radius 3 is 2.81 bits per heavy atom. The van der Waals surface area contributed by atoms with Crippen molar-refractivity contribution >= 4 is 25.6 Å². The molecule has 2 heterocycles. The molecular formula is C9H10ClNO4S. The van der Waals surface area contributed by atoms with Crippen molar-refractivity contribution in [2.75, 3.05) is 6.54 Å². The largest absolute Gasteiger partial charge is 0.472 e. The van der Waals surface area contributed by atoms with E-state index in [0.29, 0.717) is 6.54 Å². The van der Waals surface area contributed by atoms with E-state index in [1.807, 2.05) is 0 Å². The molecule has 0 aromatic carbocycles. The van der Waals surface area contributed by atoms with Gasteiger partial charge in [-0.2, -0.15) is 0 Å². The van der Waals surface area contributed by atoms with Crippen molar-refractivity contribution in [2.24, 2.45) is 0 Å². The molecule has 0 radical (unpaired) electrons. The Hall–Kier alpha value is -1.01. The number of hydrogen-bond acceptors (Lipinski definition) is 4. The third kappa shape index (κ3) is 2.38. The predicted molar refractivity (Wildman–Crippen MR) is 57.3 cm³/mol. The number of nitrogens with zero attached hydrogens (tertiary/aromatic N) is 1. The highest BCUT2D eigenvalue weighted by Crippen LogP contribution is 2.22. The highest BCUT2D eigenvalue weighted by molar-refractivity contribution is 8.14. The second kappa shape index (κ2) is 4.10. The van der Waals surface area contributed by atoms with Crippen molar-refractivity contribution in [1.29, 1.82) is 0 Å². The first-order chi connectivity index (χ1) is 7.47. The monoisotopic (exact) mass is 263 g/mol. The number of halogens is 1. The lowest BCUT2D eigenvalue weighted by molar-refractivity contribution is -0.128. The molecule has 1 unspecified atom stereocenters. The number of hydrogen-bond donors (Lipinski definition) is 0. The number of furan rings is 1. The van der Waals surface area contributed by atoms with E-state index in [4.69, 9.17) is 15.1 Å². The normalized spacial score (nSPS) is 21.7. The topological polar surface area (TPSA) is 67.6 Å². The standard InChI is InChI=1S/C9H10ClNO4S/c10-16(13,14)8-3-9(12)11(5-8)4-7-1-2-15-6-7/h1-2,6,8H,3-5H2. The van der Waals surface area contributed by atoms with Crippen LogP contribution >= 0.6 is 10.7 Å². The lowest BCUT2D eigenvalue weighted by atomic mass is 10.3. The van der Waals surface area contributed by atoms with Crippen molar-refractivity contribution in [3.63, 3.8) is 0 Å². The van der Waals surface area contributed by atoms with Crippen LogP contribution in [0.1, 0.15) is 12.0 Å². The molecule has 7 heteroatoms. The third-order valence-corrected chi connectivity index (χ3v) is 4.40. The van der Waals surface area contributed by atoms with Gasteiger partial charge in [-0.3, -0.25) is 4.79 Å². The molecule has 0 bridgehead atoms. The molecule has 2 rings (SSSR count). The molecule has 16 heavy (non-hydrogen) atoms. The van der Waals surface area contributed by atoms with Gasteiger partial charge in [-0.05, 0) is 6.07 Å². The SMILES string of the molecule is O=C1CC(S(=O)(=O)Cl)CN1Cc1ccoc1. The summed E-state index contributed by atoms with van der Waals surface area (Å²) in [5.74, 6) is -0.199. The quantitative estimate of drug-likeness (QED) is 0.762. The van der Waals surface area contributed by atoms with Gasteiger partial charge in [0.15, 0.2) is 0 Å². The average Bonchev–Trinajstić information content (AvgIpc) is 2.76. The number of likely N-dealkylation sites (tertiary alicyclic amines) is 1. The van der Waals surface area contributed by atoms with E-state index in [9.17, 15) is 13.2 Å². The second-order valence-electron chi connectivity index (χ2n) is 3.71. The Balaban J connectivity index is 2.06. The average molecular weight is 264 g/mol. The van der Waals surface area contributed by atoms with Crippen LogP contribution in [0, 0.1) is 0 Å². The van der Waals surface area contributed by atoms with Gasteiger partial charge < -0.3 is 9.32 Å². The van der Waals surface area contributed by atoms with Crippen LogP contribution in [-0.4, -0.2) is 31.0 Å². The fourth-order valence-electron chi connectivity index (χ4n) is 1.68. The van der Waals surface area contributed by atoms with Gasteiger partial charge in [-0.15, -0.1) is 0 Å². The highest BCUT2D eigenvalue weighted by atomic mass is 35.7. The summed E-state index contributed by atoms with van der Waals surface area (Å²) < 4.78 is 27.1. The van der Waals surface area contributed by atoms with Crippen molar-refractivity contribution in [3.05, 3.63) is 24.2 Å². The van der Waals surface area contributed by atoms with Gasteiger partial charge in [0.2, 0.25) is 15.0 Å². The Kier molecular flexibility index (Phi) is 2.94. The van der Waals surface area contributed by atoms with E-state index in [-0.39, 0.29) is 18.9 Å². The van der Waals surface area contributed by atoms with Gasteiger partial charge in [-0.25, -0.2) is 8.42 Å². The molecule has 1 aliphatic heterocycles. The van der Waals surface area contributed by atoms with Crippen LogP contribution in [0.25, 0.3) is 0 Å². The molecule has 0 N–H and O–H groups in total. The molecular weight excluding hydrogens is 254 g/mol. The third-order valence-electron chi connectivity index (χ3n) is 2.53. The molecule has 1 amide bonds. The zero-order chi connectivity index (χ0) is 11.8. The van der Waals surface area contributed by atoms with Crippen LogP contribution in [0.4, 0.5) is 0 Å². The van der Waals surface area contributed by atoms with Crippen LogP contribution in [0.5, 0.6) is 0 Å². The Morgan fingerprint density at radius 1 is 1.56 bits per heavy atom. The summed E-state index contributed by atoms with van der Waals surface area (Å²) in [5, 5.41) is -0.798. The molecule has 1 aliphatic rings. The first-order valence-electron chi connectivity index (χ1n) is 4.69. The predicted octanol–water partition coefficient (Wildman–Crippen LogP) is 0.949. The van der Waals surface area contributed by atoms with E-state index in [1.165, 1.54) is 17.4 Å². The van der Waals surface area contributed by atoms with Crippen LogP contribution in [-0.2, 0) is 20.4 Å². The first kappa shape index (κ1) is 11.5. The molecule has 0 spiro atoms. The molecule has 1 atom stereocenters. The minimum Gasteiger partial charge on any atom is -0.472 e. The summed E-state index contributed by atoms with van der Waals surface area (Å²) in [7, 11) is 1.57. The highest BCUT2D eigenvalue weighted by Gasteiger charge is 2.37. The fraction of sp³-hybridized carbons (Fsp3) is 0.444. The second-order valence-corrected chi connectivity index (χ2v) is 6.62. The van der Waals surface area contributed by atoms with Crippen LogP contribution in [0.2, 0.25) is 0 Å². The molecule has 5 nitrogen and oxygen atoms in total. The number of carbonyl (C=O) groups is 1. The van der Waals surface area contributed by atoms with Crippen molar-refractivity contribution in [2.45, 2.75) is 18.2 Å². The van der Waals surface area contributed by atoms with Gasteiger partial charge in [0, 0.05) is 35.8 Å². The molecule has 0 aliphatic carbocycles. The van der Waals surface area contributed by atoms with Crippen molar-refractivity contribution < 1.29 is 17.6 Å². The van der Waals surface area contributed by atoms with E-state index >= 15 is 0 Å². The van der Waals surface area contributed by atoms with Gasteiger partial charge in [0.05, 0.1) is 12.5 Å². The minimum absolute atomic E-state index is 0.0380. The number of amides is 1. The van der Waals surface area contributed by atoms with Crippen molar-refractivity contribution in [3.8, 4) is 0 Å². The molecule has 1 saturated heterocycles. The number of rotatable bonds is 3. The Labute approximate surface area is 97.4 Å². The summed E-state index contributed by atoms with van der Waals surface area (Å²) >= 11 is 0. The summed E-state index contributed by atoms with van der Waals surface area (Å²) in [5.41, 5.74) is 0.834. The van der Waals surface area contributed by atoms with Crippen LogP contribution < -0.4 is 0 Å². The maximum absolute atomic E-state index is 11.5. The van der Waals surface area contributed by atoms with Crippen LogP contribution in [0.3, 0.4) is 0 Å². The molecule has 0 saturated carbocycles. The van der Waals surface area contributed by atoms with Gasteiger partial charge in [0.25, 0.3) is 0 Å². The maximum Gasteiger partial charge on any atom is 0.237 e. The van der Waals surface area contributed by atoms with E-state index in [0.717, 1.165) is 5.56 Å². The van der Waals surface area contributed by atoms with Gasteiger partial charge >= 0.3 is 0 Å². The van der Waals surface area contributed by atoms with E-state index in [1.54, 1.807) is 6.07 Å². The summed E-state index contributed by atoms with van der Waals surface area (Å²) in [6.45, 7) is 0.508. The molecule has 1 fully saturated rings. The lowest BCUT2D eigenvalue weighted by Crippen LogP contribution is -2.26. The maximum atomic E-state index is 11.5. The molecule has 1 aromatic rings.